The van der Waals surface area contributed by atoms with E-state index in [0.717, 1.165) is 6.42 Å². The van der Waals surface area contributed by atoms with Crippen LogP contribution >= 0.6 is 0 Å². The Labute approximate surface area is 377 Å². The van der Waals surface area contributed by atoms with Crippen molar-refractivity contribution in [3.8, 4) is 28.2 Å². The first-order valence-corrected chi connectivity index (χ1v) is 23.0. The van der Waals surface area contributed by atoms with E-state index in [0.29, 0.717) is 11.8 Å². The van der Waals surface area contributed by atoms with Gasteiger partial charge < -0.3 is 18.6 Å². The Bertz CT molecular complexity index is 3720. The number of nitrogens with zero attached hydrogens (tertiary/aromatic N) is 4. The molecule has 0 fully saturated rings. The second-order valence-corrected chi connectivity index (χ2v) is 18.1. The maximum absolute atomic E-state index is 2.55. The van der Waals surface area contributed by atoms with Crippen molar-refractivity contribution in [2.24, 2.45) is 0 Å². The predicted molar refractivity (Wildman–Crippen MR) is 273 cm³/mol. The molecule has 11 aromatic rings. The molecule has 2 aliphatic carbocycles. The summed E-state index contributed by atoms with van der Waals surface area (Å²) in [6, 6.07) is 67.9. The molecule has 3 atom stereocenters. The Balaban J connectivity index is 0.838. The Hall–Kier alpha value is -8.08. The lowest BCUT2D eigenvalue weighted by Gasteiger charge is -2.29. The van der Waals surface area contributed by atoms with Gasteiger partial charge in [0.25, 0.3) is 0 Å². The first kappa shape index (κ1) is 36.4. The number of hydrogen-bond acceptors (Lipinski definition) is 1. The number of rotatable bonds is 5. The summed E-state index contributed by atoms with van der Waals surface area (Å²) in [5.74, 6) is 0.731. The maximum atomic E-state index is 2.55. The van der Waals surface area contributed by atoms with Crippen LogP contribution < -0.4 is 4.90 Å². The number of benzene rings is 8. The molecule has 3 aromatic heterocycles. The zero-order valence-corrected chi connectivity index (χ0v) is 36.0. The third-order valence-electron chi connectivity index (χ3n) is 14.6. The molecule has 4 heteroatoms. The van der Waals surface area contributed by atoms with E-state index >= 15 is 0 Å². The molecule has 65 heavy (non-hydrogen) atoms. The highest BCUT2D eigenvalue weighted by Crippen LogP contribution is 2.49. The smallest absolute Gasteiger partial charge is 0.0629 e. The summed E-state index contributed by atoms with van der Waals surface area (Å²) in [7, 11) is 0. The molecule has 4 heterocycles. The average Bonchev–Trinajstić information content (AvgIpc) is 4.09. The summed E-state index contributed by atoms with van der Waals surface area (Å²) in [6.07, 6.45) is 14.9. The van der Waals surface area contributed by atoms with Gasteiger partial charge in [-0.25, -0.2) is 0 Å². The molecule has 0 bridgehead atoms. The summed E-state index contributed by atoms with van der Waals surface area (Å²) in [6.45, 7) is 2.37. The second-order valence-electron chi connectivity index (χ2n) is 18.1. The molecule has 3 aliphatic rings. The minimum atomic E-state index is 0.211. The summed E-state index contributed by atoms with van der Waals surface area (Å²) >= 11 is 0. The van der Waals surface area contributed by atoms with Gasteiger partial charge in [0.2, 0.25) is 0 Å². The molecule has 0 saturated heterocycles. The molecule has 2 unspecified atom stereocenters. The van der Waals surface area contributed by atoms with E-state index in [-0.39, 0.29) is 6.04 Å². The van der Waals surface area contributed by atoms with Crippen molar-refractivity contribution in [3.63, 3.8) is 0 Å². The lowest BCUT2D eigenvalue weighted by Crippen LogP contribution is -2.28. The minimum Gasteiger partial charge on any atom is -0.333 e. The van der Waals surface area contributed by atoms with Crippen molar-refractivity contribution in [1.29, 1.82) is 0 Å². The van der Waals surface area contributed by atoms with Gasteiger partial charge in [0.05, 0.1) is 33.6 Å². The molecule has 0 amide bonds. The fourth-order valence-electron chi connectivity index (χ4n) is 11.7. The van der Waals surface area contributed by atoms with Crippen molar-refractivity contribution in [2.45, 2.75) is 31.2 Å². The van der Waals surface area contributed by atoms with E-state index in [9.17, 15) is 0 Å². The SMILES string of the molecule is CC1CC=Cc2c1c1ccc(-n3c4ccccc4c4ccccc43)cc1n2-c1ccc(-c2ccc(N3c4cc(-n5c6ccccc6c6ccccc65)ccc4[C@H]4C=CC=CC43)cc2)cc1. The highest BCUT2D eigenvalue weighted by Gasteiger charge is 2.38. The van der Waals surface area contributed by atoms with E-state index in [1.165, 1.54) is 111 Å². The number of allylic oxidation sites excluding steroid dienone is 3. The largest absolute Gasteiger partial charge is 0.333 e. The Morgan fingerprint density at radius 3 is 1.54 bits per heavy atom. The fraction of sp³-hybridized carbons (Fsp3) is 0.0820. The van der Waals surface area contributed by atoms with Crippen molar-refractivity contribution >= 4 is 72.0 Å². The predicted octanol–water partition coefficient (Wildman–Crippen LogP) is 15.7. The summed E-state index contributed by atoms with van der Waals surface area (Å²) in [5.41, 5.74) is 18.6. The van der Waals surface area contributed by atoms with Gasteiger partial charge in [-0.3, -0.25) is 0 Å². The van der Waals surface area contributed by atoms with Crippen LogP contribution in [0.25, 0.3) is 88.8 Å². The second kappa shape index (κ2) is 14.0. The molecule has 14 rings (SSSR count). The number of fused-ring (bicyclic) bond motifs is 12. The summed E-state index contributed by atoms with van der Waals surface area (Å²) in [4.78, 5) is 2.55. The van der Waals surface area contributed by atoms with Crippen LogP contribution in [-0.2, 0) is 0 Å². The van der Waals surface area contributed by atoms with Gasteiger partial charge in [0.1, 0.15) is 0 Å². The monoisotopic (exact) mass is 832 g/mol. The van der Waals surface area contributed by atoms with Crippen molar-refractivity contribution in [2.75, 3.05) is 4.90 Å². The zero-order valence-electron chi connectivity index (χ0n) is 36.0. The van der Waals surface area contributed by atoms with Gasteiger partial charge in [0.15, 0.2) is 0 Å². The number of para-hydroxylation sites is 4. The number of anilines is 2. The number of hydrogen-bond donors (Lipinski definition) is 0. The van der Waals surface area contributed by atoms with Crippen LogP contribution in [0.1, 0.15) is 42.0 Å². The molecular formula is C61H44N4. The van der Waals surface area contributed by atoms with Crippen LogP contribution in [0.5, 0.6) is 0 Å². The van der Waals surface area contributed by atoms with E-state index in [4.69, 9.17) is 0 Å². The van der Waals surface area contributed by atoms with Gasteiger partial charge in [-0.2, -0.15) is 0 Å². The maximum Gasteiger partial charge on any atom is 0.0629 e. The molecule has 0 N–H and O–H groups in total. The lowest BCUT2D eigenvalue weighted by molar-refractivity contribution is 0.745. The highest BCUT2D eigenvalue weighted by atomic mass is 15.2. The van der Waals surface area contributed by atoms with Crippen LogP contribution in [0.2, 0.25) is 0 Å². The quantitative estimate of drug-likeness (QED) is 0.169. The normalized spacial score (nSPS) is 17.5. The van der Waals surface area contributed by atoms with Crippen LogP contribution in [0.3, 0.4) is 0 Å². The van der Waals surface area contributed by atoms with Gasteiger partial charge in [-0.05, 0) is 113 Å². The van der Waals surface area contributed by atoms with Crippen LogP contribution in [0.15, 0.2) is 212 Å². The first-order valence-electron chi connectivity index (χ1n) is 23.0. The van der Waals surface area contributed by atoms with Crippen molar-refractivity contribution in [3.05, 3.63) is 229 Å². The molecule has 0 spiro atoms. The lowest BCUT2D eigenvalue weighted by atomic mass is 9.90. The molecule has 0 radical (unpaired) electrons. The fourth-order valence-corrected chi connectivity index (χ4v) is 11.7. The van der Waals surface area contributed by atoms with Gasteiger partial charge in [-0.1, -0.05) is 146 Å². The van der Waals surface area contributed by atoms with Gasteiger partial charge >= 0.3 is 0 Å². The van der Waals surface area contributed by atoms with E-state index in [1.807, 2.05) is 0 Å². The Kier molecular flexibility index (Phi) is 7.82. The average molecular weight is 833 g/mol. The Morgan fingerprint density at radius 1 is 0.431 bits per heavy atom. The van der Waals surface area contributed by atoms with Crippen LogP contribution in [-0.4, -0.2) is 19.7 Å². The first-order chi connectivity index (χ1) is 32.2. The molecule has 0 saturated carbocycles. The van der Waals surface area contributed by atoms with Crippen LogP contribution in [0, 0.1) is 0 Å². The van der Waals surface area contributed by atoms with E-state index in [1.54, 1.807) is 0 Å². The molecular weight excluding hydrogens is 789 g/mol. The third-order valence-corrected chi connectivity index (χ3v) is 14.6. The molecule has 8 aromatic carbocycles. The highest BCUT2D eigenvalue weighted by molar-refractivity contribution is 6.10. The number of aromatic nitrogens is 3. The topological polar surface area (TPSA) is 18.0 Å². The van der Waals surface area contributed by atoms with E-state index < -0.39 is 0 Å². The summed E-state index contributed by atoms with van der Waals surface area (Å²) < 4.78 is 7.35. The Morgan fingerprint density at radius 2 is 0.938 bits per heavy atom. The van der Waals surface area contributed by atoms with Gasteiger partial charge in [0, 0.05) is 67.0 Å². The molecule has 1 aliphatic heterocycles. The minimum absolute atomic E-state index is 0.211. The summed E-state index contributed by atoms with van der Waals surface area (Å²) in [5, 5.41) is 6.44. The zero-order chi connectivity index (χ0) is 42.8. The van der Waals surface area contributed by atoms with Gasteiger partial charge in [-0.15, -0.1) is 0 Å². The molecule has 308 valence electrons. The third kappa shape index (κ3) is 5.31. The van der Waals surface area contributed by atoms with Crippen molar-refractivity contribution < 1.29 is 0 Å². The molecule has 4 nitrogen and oxygen atoms in total. The van der Waals surface area contributed by atoms with E-state index in [2.05, 4.69) is 244 Å². The van der Waals surface area contributed by atoms with Crippen LogP contribution in [0.4, 0.5) is 11.4 Å². The van der Waals surface area contributed by atoms with Crippen molar-refractivity contribution in [1.82, 2.24) is 13.7 Å². The standard InChI is InChI=1S/C61H44N4/c1-39-13-12-24-58-61(39)52-36-34-45(65-56-22-10-4-16-48(56)49-17-5-11-23-57(49)65)38-60(52)63(58)43-31-27-41(28-32-43)40-25-29-42(30-26-40)62-53-19-7-6-18-50(53)51-35-33-44(37-59(51)62)64-54-20-8-2-14-46(54)47-15-3-9-21-55(47)64/h2-12,14-39,50,53H,13H2,1H3/t39?,50-,53?/m1/s1.